The first kappa shape index (κ1) is 17.9. The fourth-order valence-electron chi connectivity index (χ4n) is 2.38. The molecule has 134 valence electrons. The minimum Gasteiger partial charge on any atom is -0.367 e. The maximum Gasteiger partial charge on any atom is 0.220 e. The summed E-state index contributed by atoms with van der Waals surface area (Å²) in [5.41, 5.74) is 1.05. The van der Waals surface area contributed by atoms with E-state index in [0.717, 1.165) is 5.56 Å². The number of halogens is 1. The Kier molecular flexibility index (Phi) is 6.16. The van der Waals surface area contributed by atoms with Crippen LogP contribution < -0.4 is 10.6 Å². The van der Waals surface area contributed by atoms with Crippen molar-refractivity contribution in [1.82, 2.24) is 25.3 Å². The number of hydrogen-bond donors (Lipinski definition) is 2. The van der Waals surface area contributed by atoms with E-state index in [1.807, 2.05) is 42.5 Å². The largest absolute Gasteiger partial charge is 0.367 e. The smallest absolute Gasteiger partial charge is 0.220 e. The highest BCUT2D eigenvalue weighted by molar-refractivity contribution is 6.30. The highest BCUT2D eigenvalue weighted by atomic mass is 35.5. The molecule has 26 heavy (non-hydrogen) atoms. The van der Waals surface area contributed by atoms with Gasteiger partial charge < -0.3 is 10.6 Å². The summed E-state index contributed by atoms with van der Waals surface area (Å²) in [5.74, 6) is 1.30. The van der Waals surface area contributed by atoms with Gasteiger partial charge in [0.05, 0.1) is 0 Å². The molecule has 0 fully saturated rings. The van der Waals surface area contributed by atoms with Crippen LogP contribution in [0.3, 0.4) is 0 Å². The van der Waals surface area contributed by atoms with E-state index in [2.05, 4.69) is 25.9 Å². The van der Waals surface area contributed by atoms with Crippen molar-refractivity contribution in [2.75, 3.05) is 18.4 Å². The molecule has 0 aliphatic heterocycles. The molecular weight excluding hydrogens is 352 g/mol. The van der Waals surface area contributed by atoms with E-state index in [1.165, 1.54) is 0 Å². The average molecular weight is 371 g/mol. The van der Waals surface area contributed by atoms with Crippen LogP contribution in [-0.4, -0.2) is 39.0 Å². The fourth-order valence-corrected chi connectivity index (χ4v) is 2.59. The number of carbonyl (C=O) groups is 1. The van der Waals surface area contributed by atoms with Gasteiger partial charge in [-0.15, -0.1) is 10.2 Å². The highest BCUT2D eigenvalue weighted by Crippen LogP contribution is 2.12. The molecule has 0 aliphatic rings. The topological polar surface area (TPSA) is 84.7 Å². The van der Waals surface area contributed by atoms with Crippen molar-refractivity contribution in [1.29, 1.82) is 0 Å². The Labute approximate surface area is 156 Å². The van der Waals surface area contributed by atoms with Gasteiger partial charge in [-0.1, -0.05) is 23.7 Å². The molecular formula is C18H19ClN6O. The first-order valence-corrected chi connectivity index (χ1v) is 8.67. The van der Waals surface area contributed by atoms with Crippen molar-refractivity contribution in [3.63, 3.8) is 0 Å². The molecule has 3 rings (SSSR count). The predicted molar refractivity (Wildman–Crippen MR) is 100 cm³/mol. The van der Waals surface area contributed by atoms with Crippen LogP contribution in [0.4, 0.5) is 5.82 Å². The number of amides is 1. The van der Waals surface area contributed by atoms with Crippen molar-refractivity contribution in [2.45, 2.75) is 12.8 Å². The Morgan fingerprint density at radius 3 is 2.77 bits per heavy atom. The summed E-state index contributed by atoms with van der Waals surface area (Å²) in [6.07, 6.45) is 4.58. The van der Waals surface area contributed by atoms with E-state index < -0.39 is 0 Å². The van der Waals surface area contributed by atoms with Gasteiger partial charge in [0.2, 0.25) is 5.91 Å². The second kappa shape index (κ2) is 8.96. The molecule has 3 aromatic rings. The normalized spacial score (nSPS) is 10.5. The van der Waals surface area contributed by atoms with Crippen LogP contribution in [-0.2, 0) is 11.2 Å². The molecule has 0 aliphatic carbocycles. The van der Waals surface area contributed by atoms with Gasteiger partial charge in [0.15, 0.2) is 5.82 Å². The highest BCUT2D eigenvalue weighted by Gasteiger charge is 2.03. The molecule has 2 heterocycles. The molecule has 0 bridgehead atoms. The lowest BCUT2D eigenvalue weighted by Crippen LogP contribution is -2.29. The Morgan fingerprint density at radius 2 is 2.04 bits per heavy atom. The van der Waals surface area contributed by atoms with Gasteiger partial charge in [-0.25, -0.2) is 4.68 Å². The lowest BCUT2D eigenvalue weighted by molar-refractivity contribution is -0.120. The zero-order valence-corrected chi connectivity index (χ0v) is 14.9. The summed E-state index contributed by atoms with van der Waals surface area (Å²) in [6, 6.07) is 13.0. The SMILES string of the molecule is O=C(CCc1cccc(Cl)c1)NCCNc1ccc(-n2cccn2)nn1. The van der Waals surface area contributed by atoms with Gasteiger partial charge >= 0.3 is 0 Å². The van der Waals surface area contributed by atoms with Crippen LogP contribution in [0.5, 0.6) is 0 Å². The quantitative estimate of drug-likeness (QED) is 0.595. The van der Waals surface area contributed by atoms with Crippen molar-refractivity contribution in [3.05, 3.63) is 65.4 Å². The van der Waals surface area contributed by atoms with Gasteiger partial charge in [-0.05, 0) is 42.3 Å². The summed E-state index contributed by atoms with van der Waals surface area (Å²) in [5, 5.41) is 19.0. The third kappa shape index (κ3) is 5.29. The summed E-state index contributed by atoms with van der Waals surface area (Å²) < 4.78 is 1.64. The van der Waals surface area contributed by atoms with Gasteiger partial charge in [0.25, 0.3) is 0 Å². The van der Waals surface area contributed by atoms with Crippen molar-refractivity contribution >= 4 is 23.3 Å². The first-order valence-electron chi connectivity index (χ1n) is 8.29. The summed E-state index contributed by atoms with van der Waals surface area (Å²) >= 11 is 5.93. The van der Waals surface area contributed by atoms with Crippen LogP contribution in [0.25, 0.3) is 5.82 Å². The number of carbonyl (C=O) groups excluding carboxylic acids is 1. The lowest BCUT2D eigenvalue weighted by atomic mass is 10.1. The van der Waals surface area contributed by atoms with E-state index >= 15 is 0 Å². The molecule has 7 nitrogen and oxygen atoms in total. The summed E-state index contributed by atoms with van der Waals surface area (Å²) in [7, 11) is 0. The second-order valence-electron chi connectivity index (χ2n) is 5.63. The maximum atomic E-state index is 11.9. The number of anilines is 1. The van der Waals surface area contributed by atoms with Crippen molar-refractivity contribution in [2.24, 2.45) is 0 Å². The molecule has 1 aromatic carbocycles. The molecule has 0 radical (unpaired) electrons. The van der Waals surface area contributed by atoms with Crippen molar-refractivity contribution in [3.8, 4) is 5.82 Å². The molecule has 8 heteroatoms. The van der Waals surface area contributed by atoms with Gasteiger partial charge in [-0.2, -0.15) is 5.10 Å². The van der Waals surface area contributed by atoms with Crippen molar-refractivity contribution < 1.29 is 4.79 Å². The summed E-state index contributed by atoms with van der Waals surface area (Å²) in [6.45, 7) is 1.08. The molecule has 2 N–H and O–H groups in total. The average Bonchev–Trinajstić information content (AvgIpc) is 3.19. The Hall–Kier alpha value is -2.93. The van der Waals surface area contributed by atoms with Crippen LogP contribution in [0, 0.1) is 0 Å². The molecule has 0 saturated heterocycles. The van der Waals surface area contributed by atoms with Crippen LogP contribution >= 0.6 is 11.6 Å². The van der Waals surface area contributed by atoms with Gasteiger partial charge in [0.1, 0.15) is 5.82 Å². The van der Waals surface area contributed by atoms with Crippen LogP contribution in [0.15, 0.2) is 54.9 Å². The molecule has 0 spiro atoms. The van der Waals surface area contributed by atoms with E-state index in [4.69, 9.17) is 11.6 Å². The minimum atomic E-state index is 0.00638. The Balaban J connectivity index is 1.35. The zero-order chi connectivity index (χ0) is 18.2. The number of aryl methyl sites for hydroxylation is 1. The van der Waals surface area contributed by atoms with E-state index in [0.29, 0.717) is 42.6 Å². The monoisotopic (exact) mass is 370 g/mol. The van der Waals surface area contributed by atoms with E-state index in [1.54, 1.807) is 17.1 Å². The maximum absolute atomic E-state index is 11.9. The molecule has 0 unspecified atom stereocenters. The lowest BCUT2D eigenvalue weighted by Gasteiger charge is -2.08. The molecule has 0 atom stereocenters. The molecule has 1 amide bonds. The van der Waals surface area contributed by atoms with Gasteiger partial charge in [0, 0.05) is 36.9 Å². The fraction of sp³-hybridized carbons (Fsp3) is 0.222. The van der Waals surface area contributed by atoms with E-state index in [-0.39, 0.29) is 5.91 Å². The number of hydrogen-bond acceptors (Lipinski definition) is 5. The predicted octanol–water partition coefficient (Wildman–Crippen LogP) is 2.48. The zero-order valence-electron chi connectivity index (χ0n) is 14.1. The molecule has 2 aromatic heterocycles. The number of nitrogens with one attached hydrogen (secondary N) is 2. The first-order chi connectivity index (χ1) is 12.7. The molecule has 0 saturated carbocycles. The standard InChI is InChI=1S/C18H19ClN6O/c19-15-4-1-3-14(13-15)5-8-18(26)21-11-10-20-16-6-7-17(24-23-16)25-12-2-9-22-25/h1-4,6-7,9,12-13H,5,8,10-11H2,(H,20,23)(H,21,26). The minimum absolute atomic E-state index is 0.00638. The number of aromatic nitrogens is 4. The number of rotatable bonds is 8. The van der Waals surface area contributed by atoms with Crippen LogP contribution in [0.1, 0.15) is 12.0 Å². The van der Waals surface area contributed by atoms with Gasteiger partial charge in [-0.3, -0.25) is 4.79 Å². The third-order valence-electron chi connectivity index (χ3n) is 3.67. The summed E-state index contributed by atoms with van der Waals surface area (Å²) in [4.78, 5) is 11.9. The Bertz CT molecular complexity index is 835. The number of nitrogens with zero attached hydrogens (tertiary/aromatic N) is 4. The second-order valence-corrected chi connectivity index (χ2v) is 6.07. The van der Waals surface area contributed by atoms with E-state index in [9.17, 15) is 4.79 Å². The van der Waals surface area contributed by atoms with Crippen LogP contribution in [0.2, 0.25) is 5.02 Å². The number of benzene rings is 1. The third-order valence-corrected chi connectivity index (χ3v) is 3.91. The Morgan fingerprint density at radius 1 is 1.12 bits per heavy atom.